The number of Topliss-reactive ketones (excluding diaryl/α,β-unsaturated/α-hetero) is 2. The van der Waals surface area contributed by atoms with E-state index in [1.165, 1.54) is 19.1 Å². The van der Waals surface area contributed by atoms with Crippen molar-refractivity contribution in [1.82, 2.24) is 0 Å². The molecule has 1 aromatic rings. The van der Waals surface area contributed by atoms with Crippen LogP contribution in [0.25, 0.3) is 0 Å². The van der Waals surface area contributed by atoms with Crippen molar-refractivity contribution in [1.29, 1.82) is 0 Å². The Morgan fingerprint density at radius 3 is 2.43 bits per heavy atom. The van der Waals surface area contributed by atoms with Gasteiger partial charge in [-0.2, -0.15) is 0 Å². The first-order valence-corrected chi connectivity index (χ1v) is 9.06. The summed E-state index contributed by atoms with van der Waals surface area (Å²) < 4.78 is 25.5. The third kappa shape index (κ3) is 3.21. The predicted molar refractivity (Wildman–Crippen MR) is 87.5 cm³/mol. The summed E-state index contributed by atoms with van der Waals surface area (Å²) in [6, 6.07) is 7.93. The zero-order valence-corrected chi connectivity index (χ0v) is 14.0. The molecule has 1 saturated carbocycles. The van der Waals surface area contributed by atoms with E-state index >= 15 is 0 Å². The van der Waals surface area contributed by atoms with Crippen molar-refractivity contribution in [2.45, 2.75) is 43.9 Å². The lowest BCUT2D eigenvalue weighted by molar-refractivity contribution is -0.141. The summed E-state index contributed by atoms with van der Waals surface area (Å²) in [7, 11) is -3.81. The molecule has 0 aliphatic heterocycles. The first-order chi connectivity index (χ1) is 10.8. The minimum Gasteiger partial charge on any atom is -0.299 e. The van der Waals surface area contributed by atoms with Gasteiger partial charge < -0.3 is 0 Å². The molecule has 0 heterocycles. The monoisotopic (exact) mass is 332 g/mol. The number of carbonyl (C=O) groups excluding carboxylic acids is 2. The minimum absolute atomic E-state index is 0.0887. The molecule has 1 aromatic carbocycles. The van der Waals surface area contributed by atoms with E-state index in [4.69, 9.17) is 0 Å². The molecule has 1 unspecified atom stereocenters. The van der Waals surface area contributed by atoms with Gasteiger partial charge in [-0.3, -0.25) is 9.59 Å². The third-order valence-electron chi connectivity index (χ3n) is 4.50. The predicted octanol–water partition coefficient (Wildman–Crippen LogP) is 3.24. The number of hydrogen-bond acceptors (Lipinski definition) is 4. The molecule has 23 heavy (non-hydrogen) atoms. The maximum Gasteiger partial charge on any atom is 0.210 e. The lowest BCUT2D eigenvalue weighted by Gasteiger charge is -2.33. The Balaban J connectivity index is 2.45. The van der Waals surface area contributed by atoms with Gasteiger partial charge in [0.15, 0.2) is 0 Å². The normalized spacial score (nSPS) is 21.5. The van der Waals surface area contributed by atoms with Gasteiger partial charge in [0, 0.05) is 12.8 Å². The van der Waals surface area contributed by atoms with Crippen LogP contribution in [0.3, 0.4) is 0 Å². The summed E-state index contributed by atoms with van der Waals surface area (Å²) in [5.41, 5.74) is 1.21. The second-order valence-electron chi connectivity index (χ2n) is 5.86. The molecule has 0 bridgehead atoms. The SMILES string of the molecule is C=C=C(CC1(C(C)=O)CCCCC1=O)S(=O)(=O)c1ccccc1. The van der Waals surface area contributed by atoms with Gasteiger partial charge in [0.25, 0.3) is 0 Å². The summed E-state index contributed by atoms with van der Waals surface area (Å²) in [6.07, 6.45) is 2.03. The van der Waals surface area contributed by atoms with E-state index in [1.54, 1.807) is 18.2 Å². The van der Waals surface area contributed by atoms with Gasteiger partial charge in [-0.15, -0.1) is 5.73 Å². The van der Waals surface area contributed by atoms with E-state index in [0.29, 0.717) is 12.8 Å². The fourth-order valence-electron chi connectivity index (χ4n) is 3.04. The fraction of sp³-hybridized carbons (Fsp3) is 0.389. The standard InChI is InChI=1S/C18H20O4S/c1-3-15(23(21,22)16-9-5-4-6-10-16)13-18(14(2)19)12-8-7-11-17(18)20/h4-6,9-10H,1,7-8,11-13H2,2H3. The molecular formula is C18H20O4S. The summed E-state index contributed by atoms with van der Waals surface area (Å²) >= 11 is 0. The minimum atomic E-state index is -3.81. The van der Waals surface area contributed by atoms with Crippen molar-refractivity contribution in [2.75, 3.05) is 0 Å². The Morgan fingerprint density at radius 2 is 1.91 bits per heavy atom. The molecule has 0 N–H and O–H groups in total. The number of benzene rings is 1. The van der Waals surface area contributed by atoms with Gasteiger partial charge in [0.05, 0.1) is 15.2 Å². The molecule has 2 rings (SSSR count). The highest BCUT2D eigenvalue weighted by Gasteiger charge is 2.46. The molecule has 0 amide bonds. The fourth-order valence-corrected chi connectivity index (χ4v) is 4.47. The van der Waals surface area contributed by atoms with Gasteiger partial charge in [0.1, 0.15) is 11.6 Å². The van der Waals surface area contributed by atoms with Crippen molar-refractivity contribution in [3.05, 3.63) is 47.5 Å². The Bertz CT molecular complexity index is 770. The molecule has 0 aromatic heterocycles. The third-order valence-corrected chi connectivity index (χ3v) is 6.33. The largest absolute Gasteiger partial charge is 0.299 e. The second kappa shape index (κ2) is 6.65. The first kappa shape index (κ1) is 17.4. The number of sulfone groups is 1. The molecular weight excluding hydrogens is 312 g/mol. The molecule has 0 radical (unpaired) electrons. The zero-order valence-electron chi connectivity index (χ0n) is 13.2. The van der Waals surface area contributed by atoms with Gasteiger partial charge >= 0.3 is 0 Å². The maximum atomic E-state index is 12.7. The number of ketones is 2. The van der Waals surface area contributed by atoms with Crippen molar-refractivity contribution < 1.29 is 18.0 Å². The Morgan fingerprint density at radius 1 is 1.26 bits per heavy atom. The Kier molecular flexibility index (Phi) is 5.03. The zero-order chi connectivity index (χ0) is 17.1. The van der Waals surface area contributed by atoms with Crippen molar-refractivity contribution in [3.8, 4) is 0 Å². The van der Waals surface area contributed by atoms with Crippen LogP contribution in [0.4, 0.5) is 0 Å². The van der Waals surface area contributed by atoms with Crippen LogP contribution < -0.4 is 0 Å². The van der Waals surface area contributed by atoms with Crippen molar-refractivity contribution >= 4 is 21.4 Å². The summed E-state index contributed by atoms with van der Waals surface area (Å²) in [4.78, 5) is 24.6. The van der Waals surface area contributed by atoms with E-state index < -0.39 is 15.3 Å². The lowest BCUT2D eigenvalue weighted by atomic mass is 9.68. The van der Waals surface area contributed by atoms with E-state index in [2.05, 4.69) is 12.3 Å². The lowest BCUT2D eigenvalue weighted by Crippen LogP contribution is -2.41. The summed E-state index contributed by atoms with van der Waals surface area (Å²) in [5, 5.41) is 0. The van der Waals surface area contributed by atoms with Crippen LogP contribution >= 0.6 is 0 Å². The van der Waals surface area contributed by atoms with Gasteiger partial charge in [0.2, 0.25) is 9.84 Å². The highest BCUT2D eigenvalue weighted by Crippen LogP contribution is 2.41. The number of hydrogen-bond donors (Lipinski definition) is 0. The van der Waals surface area contributed by atoms with Crippen LogP contribution in [0.2, 0.25) is 0 Å². The second-order valence-corrected chi connectivity index (χ2v) is 7.83. The molecule has 4 nitrogen and oxygen atoms in total. The number of carbonyl (C=O) groups is 2. The molecule has 0 spiro atoms. The van der Waals surface area contributed by atoms with Crippen LogP contribution in [-0.2, 0) is 19.4 Å². The molecule has 1 aliphatic carbocycles. The van der Waals surface area contributed by atoms with Crippen LogP contribution in [0.1, 0.15) is 39.0 Å². The molecule has 1 aliphatic rings. The van der Waals surface area contributed by atoms with Crippen LogP contribution in [0.15, 0.2) is 52.4 Å². The quantitative estimate of drug-likeness (QED) is 0.613. The van der Waals surface area contributed by atoms with Crippen molar-refractivity contribution in [2.24, 2.45) is 5.41 Å². The van der Waals surface area contributed by atoms with Gasteiger partial charge in [-0.1, -0.05) is 31.2 Å². The number of allylic oxidation sites excluding steroid dienone is 1. The smallest absolute Gasteiger partial charge is 0.210 e. The van der Waals surface area contributed by atoms with E-state index in [9.17, 15) is 18.0 Å². The van der Waals surface area contributed by atoms with Gasteiger partial charge in [-0.05, 0) is 31.9 Å². The van der Waals surface area contributed by atoms with Crippen LogP contribution in [-0.4, -0.2) is 20.0 Å². The van der Waals surface area contributed by atoms with E-state index in [0.717, 1.165) is 12.8 Å². The maximum absolute atomic E-state index is 12.7. The highest BCUT2D eigenvalue weighted by atomic mass is 32.2. The Labute approximate surface area is 136 Å². The van der Waals surface area contributed by atoms with Crippen molar-refractivity contribution in [3.63, 3.8) is 0 Å². The van der Waals surface area contributed by atoms with E-state index in [1.807, 2.05) is 0 Å². The summed E-state index contributed by atoms with van der Waals surface area (Å²) in [6.45, 7) is 4.83. The Hall–Kier alpha value is -1.97. The van der Waals surface area contributed by atoms with Crippen LogP contribution in [0.5, 0.6) is 0 Å². The number of rotatable bonds is 5. The average molecular weight is 332 g/mol. The molecule has 1 fully saturated rings. The van der Waals surface area contributed by atoms with E-state index in [-0.39, 0.29) is 27.8 Å². The first-order valence-electron chi connectivity index (χ1n) is 7.58. The highest BCUT2D eigenvalue weighted by molar-refractivity contribution is 7.95. The molecule has 0 saturated heterocycles. The topological polar surface area (TPSA) is 68.3 Å². The van der Waals surface area contributed by atoms with Crippen LogP contribution in [0, 0.1) is 5.41 Å². The molecule has 5 heteroatoms. The average Bonchev–Trinajstić information content (AvgIpc) is 2.54. The van der Waals surface area contributed by atoms with Gasteiger partial charge in [-0.25, -0.2) is 8.42 Å². The molecule has 1 atom stereocenters. The summed E-state index contributed by atoms with van der Waals surface area (Å²) in [5.74, 6) is -0.453. The molecule has 122 valence electrons.